The molecule has 0 bridgehead atoms. The van der Waals surface area contributed by atoms with Crippen molar-refractivity contribution >= 4 is 16.7 Å². The molecule has 1 saturated heterocycles. The molecule has 2 aliphatic rings. The Balaban J connectivity index is 1.38. The monoisotopic (exact) mass is 451 g/mol. The highest BCUT2D eigenvalue weighted by molar-refractivity contribution is 5.84. The number of likely N-dealkylation sites (tertiary alicyclic amines) is 1. The zero-order valence-electron chi connectivity index (χ0n) is 20.9. The number of nitrogens with zero attached hydrogens (tertiary/aromatic N) is 1. The lowest BCUT2D eigenvalue weighted by molar-refractivity contribution is -0.142. The first-order valence-corrected chi connectivity index (χ1v) is 12.8. The number of hydrogen-bond acceptors (Lipinski definition) is 4. The van der Waals surface area contributed by atoms with Gasteiger partial charge < -0.3 is 9.47 Å². The second-order valence-corrected chi connectivity index (χ2v) is 11.2. The molecule has 2 aromatic carbocycles. The van der Waals surface area contributed by atoms with Gasteiger partial charge in [0.2, 0.25) is 0 Å². The zero-order valence-corrected chi connectivity index (χ0v) is 20.9. The second-order valence-electron chi connectivity index (χ2n) is 11.2. The standard InChI is InChI=1S/C29H41NO3/c1-29(2,3)24-11-14-26(15-12-24)33-27-13-10-22-17-21(8-9-23(22)18-27)20-30-16-6-5-7-25(30)19-28(31)32-4/h8-10,13,17-18,24-26H,5-7,11-12,14-16,19-20H2,1-4H3/t24-,25?,26-. The van der Waals surface area contributed by atoms with Crippen molar-refractivity contribution in [1.29, 1.82) is 0 Å². The van der Waals surface area contributed by atoms with E-state index >= 15 is 0 Å². The maximum Gasteiger partial charge on any atom is 0.307 e. The molecule has 0 radical (unpaired) electrons. The van der Waals surface area contributed by atoms with Gasteiger partial charge in [-0.15, -0.1) is 0 Å². The molecule has 4 nitrogen and oxygen atoms in total. The minimum Gasteiger partial charge on any atom is -0.490 e. The van der Waals surface area contributed by atoms with Gasteiger partial charge in [-0.05, 0) is 90.9 Å². The Labute approximate surface area is 199 Å². The number of ether oxygens (including phenoxy) is 2. The lowest BCUT2D eigenvalue weighted by Gasteiger charge is -2.37. The molecule has 0 N–H and O–H groups in total. The van der Waals surface area contributed by atoms with Crippen LogP contribution in [0.25, 0.3) is 10.8 Å². The number of piperidine rings is 1. The Kier molecular flexibility index (Phi) is 7.63. The fourth-order valence-corrected chi connectivity index (χ4v) is 5.69. The molecule has 180 valence electrons. The van der Waals surface area contributed by atoms with E-state index in [2.05, 4.69) is 62.1 Å². The van der Waals surface area contributed by atoms with Gasteiger partial charge in [-0.2, -0.15) is 0 Å². The maximum absolute atomic E-state index is 11.8. The summed E-state index contributed by atoms with van der Waals surface area (Å²) in [6.45, 7) is 9.01. The fourth-order valence-electron chi connectivity index (χ4n) is 5.69. The molecule has 0 amide bonds. The minimum absolute atomic E-state index is 0.107. The second kappa shape index (κ2) is 10.5. The number of benzene rings is 2. The van der Waals surface area contributed by atoms with Crippen LogP contribution in [0.3, 0.4) is 0 Å². The van der Waals surface area contributed by atoms with Crippen LogP contribution in [0.2, 0.25) is 0 Å². The van der Waals surface area contributed by atoms with Crippen molar-refractivity contribution in [3.8, 4) is 5.75 Å². The molecule has 33 heavy (non-hydrogen) atoms. The van der Waals surface area contributed by atoms with Crippen molar-refractivity contribution in [2.45, 2.75) is 90.8 Å². The number of rotatable bonds is 6. The van der Waals surface area contributed by atoms with Crippen LogP contribution in [0.1, 0.15) is 77.7 Å². The molecule has 1 unspecified atom stereocenters. The topological polar surface area (TPSA) is 38.8 Å². The molecule has 1 saturated carbocycles. The highest BCUT2D eigenvalue weighted by Gasteiger charge is 2.30. The summed E-state index contributed by atoms with van der Waals surface area (Å²) in [6, 6.07) is 13.5. The Morgan fingerprint density at radius 1 is 0.970 bits per heavy atom. The van der Waals surface area contributed by atoms with E-state index in [1.807, 2.05) is 0 Å². The normalized spacial score (nSPS) is 24.5. The smallest absolute Gasteiger partial charge is 0.307 e. The third-order valence-electron chi connectivity index (χ3n) is 7.84. The molecule has 0 aromatic heterocycles. The summed E-state index contributed by atoms with van der Waals surface area (Å²) >= 11 is 0. The van der Waals surface area contributed by atoms with Gasteiger partial charge in [0.05, 0.1) is 19.6 Å². The van der Waals surface area contributed by atoms with Crippen molar-refractivity contribution in [3.05, 3.63) is 42.0 Å². The predicted octanol–water partition coefficient (Wildman–Crippen LogP) is 6.74. The van der Waals surface area contributed by atoms with Gasteiger partial charge in [0.15, 0.2) is 0 Å². The minimum atomic E-state index is -0.107. The van der Waals surface area contributed by atoms with E-state index in [4.69, 9.17) is 9.47 Å². The lowest BCUT2D eigenvalue weighted by atomic mass is 9.72. The molecule has 1 heterocycles. The van der Waals surface area contributed by atoms with E-state index in [1.54, 1.807) is 0 Å². The molecular formula is C29H41NO3. The summed E-state index contributed by atoms with van der Waals surface area (Å²) in [7, 11) is 1.48. The van der Waals surface area contributed by atoms with E-state index in [-0.39, 0.29) is 12.0 Å². The summed E-state index contributed by atoms with van der Waals surface area (Å²) in [5.74, 6) is 1.69. The van der Waals surface area contributed by atoms with Gasteiger partial charge in [-0.3, -0.25) is 9.69 Å². The number of carbonyl (C=O) groups excluding carboxylic acids is 1. The zero-order chi connectivity index (χ0) is 23.4. The number of carbonyl (C=O) groups is 1. The van der Waals surface area contributed by atoms with Crippen LogP contribution < -0.4 is 4.74 Å². The summed E-state index contributed by atoms with van der Waals surface area (Å²) < 4.78 is 11.3. The van der Waals surface area contributed by atoms with Gasteiger partial charge in [0.1, 0.15) is 5.75 Å². The third-order valence-corrected chi connectivity index (χ3v) is 7.84. The van der Waals surface area contributed by atoms with E-state index in [1.165, 1.54) is 49.1 Å². The van der Waals surface area contributed by atoms with Gasteiger partial charge in [-0.25, -0.2) is 0 Å². The van der Waals surface area contributed by atoms with Gasteiger partial charge in [0, 0.05) is 12.6 Å². The van der Waals surface area contributed by atoms with Crippen molar-refractivity contribution in [1.82, 2.24) is 4.90 Å². The van der Waals surface area contributed by atoms with Gasteiger partial charge in [0.25, 0.3) is 0 Å². The van der Waals surface area contributed by atoms with Crippen LogP contribution in [0.4, 0.5) is 0 Å². The Morgan fingerprint density at radius 2 is 1.70 bits per heavy atom. The average Bonchev–Trinajstić information content (AvgIpc) is 2.80. The highest BCUT2D eigenvalue weighted by atomic mass is 16.5. The molecule has 2 aromatic rings. The number of fused-ring (bicyclic) bond motifs is 1. The van der Waals surface area contributed by atoms with E-state index in [0.717, 1.165) is 44.0 Å². The number of esters is 1. The molecule has 4 rings (SSSR count). The van der Waals surface area contributed by atoms with Crippen molar-refractivity contribution in [2.24, 2.45) is 11.3 Å². The van der Waals surface area contributed by atoms with Gasteiger partial charge >= 0.3 is 5.97 Å². The highest BCUT2D eigenvalue weighted by Crippen LogP contribution is 2.39. The van der Waals surface area contributed by atoms with Crippen LogP contribution in [0, 0.1) is 11.3 Å². The van der Waals surface area contributed by atoms with E-state index in [9.17, 15) is 4.79 Å². The van der Waals surface area contributed by atoms with Crippen molar-refractivity contribution < 1.29 is 14.3 Å². The molecule has 2 fully saturated rings. The molecule has 0 spiro atoms. The lowest BCUT2D eigenvalue weighted by Crippen LogP contribution is -2.40. The van der Waals surface area contributed by atoms with E-state index < -0.39 is 0 Å². The molecule has 1 aliphatic carbocycles. The Hall–Kier alpha value is -2.07. The van der Waals surface area contributed by atoms with Crippen LogP contribution in [-0.2, 0) is 16.1 Å². The van der Waals surface area contributed by atoms with Crippen LogP contribution in [-0.4, -0.2) is 36.7 Å². The summed E-state index contributed by atoms with van der Waals surface area (Å²) in [6.07, 6.45) is 9.12. The molecular weight excluding hydrogens is 410 g/mol. The summed E-state index contributed by atoms with van der Waals surface area (Å²) in [5, 5.41) is 2.47. The van der Waals surface area contributed by atoms with Crippen LogP contribution in [0.5, 0.6) is 5.75 Å². The van der Waals surface area contributed by atoms with Crippen molar-refractivity contribution in [2.75, 3.05) is 13.7 Å². The number of methoxy groups -OCH3 is 1. The Bertz CT molecular complexity index is 940. The molecule has 1 atom stereocenters. The first-order valence-electron chi connectivity index (χ1n) is 12.8. The predicted molar refractivity (Wildman–Crippen MR) is 134 cm³/mol. The SMILES string of the molecule is COC(=O)CC1CCCCN1Cc1ccc2cc(O[C@H]3CC[C@H](C(C)(C)C)CC3)ccc2c1. The third kappa shape index (κ3) is 6.29. The molecule has 4 heteroatoms. The fraction of sp³-hybridized carbons (Fsp3) is 0.621. The van der Waals surface area contributed by atoms with Crippen LogP contribution in [0.15, 0.2) is 36.4 Å². The quantitative estimate of drug-likeness (QED) is 0.456. The first kappa shape index (κ1) is 24.1. The maximum atomic E-state index is 11.8. The van der Waals surface area contributed by atoms with Gasteiger partial charge in [-0.1, -0.05) is 45.4 Å². The van der Waals surface area contributed by atoms with Crippen molar-refractivity contribution in [3.63, 3.8) is 0 Å². The summed E-state index contributed by atoms with van der Waals surface area (Å²) in [4.78, 5) is 14.3. The largest absolute Gasteiger partial charge is 0.490 e. The summed E-state index contributed by atoms with van der Waals surface area (Å²) in [5.41, 5.74) is 1.70. The number of hydrogen-bond donors (Lipinski definition) is 0. The Morgan fingerprint density at radius 3 is 2.42 bits per heavy atom. The average molecular weight is 452 g/mol. The van der Waals surface area contributed by atoms with E-state index in [0.29, 0.717) is 17.9 Å². The first-order chi connectivity index (χ1) is 15.8. The molecule has 1 aliphatic heterocycles. The van der Waals surface area contributed by atoms with Crippen LogP contribution >= 0.6 is 0 Å².